The lowest BCUT2D eigenvalue weighted by Crippen LogP contribution is -2.36. The van der Waals surface area contributed by atoms with E-state index in [0.29, 0.717) is 11.3 Å². The van der Waals surface area contributed by atoms with Crippen LogP contribution in [0.3, 0.4) is 0 Å². The Bertz CT molecular complexity index is 520. The van der Waals surface area contributed by atoms with Crippen molar-refractivity contribution in [3.05, 3.63) is 33.9 Å². The van der Waals surface area contributed by atoms with E-state index in [4.69, 9.17) is 5.11 Å². The zero-order valence-corrected chi connectivity index (χ0v) is 12.1. The SMILES string of the molecule is Cc1cc(NC(CC(=O)O)C(C)(C)C)ccc1[N+](=O)[O-]. The van der Waals surface area contributed by atoms with Crippen molar-refractivity contribution in [1.29, 1.82) is 0 Å². The van der Waals surface area contributed by atoms with E-state index >= 15 is 0 Å². The average molecular weight is 280 g/mol. The number of nitrogens with zero attached hydrogens (tertiary/aromatic N) is 1. The number of carboxylic acids is 1. The van der Waals surface area contributed by atoms with E-state index in [2.05, 4.69) is 5.32 Å². The van der Waals surface area contributed by atoms with Crippen LogP contribution in [0.4, 0.5) is 11.4 Å². The molecule has 0 amide bonds. The molecule has 110 valence electrons. The summed E-state index contributed by atoms with van der Waals surface area (Å²) in [6.07, 6.45) is -0.0144. The first-order valence-electron chi connectivity index (χ1n) is 6.34. The summed E-state index contributed by atoms with van der Waals surface area (Å²) in [6, 6.07) is 4.43. The third kappa shape index (κ3) is 4.22. The minimum Gasteiger partial charge on any atom is -0.481 e. The molecule has 0 spiro atoms. The molecule has 0 saturated heterocycles. The van der Waals surface area contributed by atoms with E-state index in [1.807, 2.05) is 20.8 Å². The second-order valence-corrected chi connectivity index (χ2v) is 5.92. The number of carboxylic acid groups (broad SMARTS) is 1. The van der Waals surface area contributed by atoms with E-state index in [9.17, 15) is 14.9 Å². The van der Waals surface area contributed by atoms with Crippen molar-refractivity contribution >= 4 is 17.3 Å². The third-order valence-electron chi connectivity index (χ3n) is 3.16. The Hall–Kier alpha value is -2.11. The maximum Gasteiger partial charge on any atom is 0.305 e. The molecule has 0 radical (unpaired) electrons. The molecule has 2 N–H and O–H groups in total. The highest BCUT2D eigenvalue weighted by Crippen LogP contribution is 2.28. The normalized spacial score (nSPS) is 12.8. The lowest BCUT2D eigenvalue weighted by atomic mass is 9.84. The zero-order chi connectivity index (χ0) is 15.5. The van der Waals surface area contributed by atoms with Gasteiger partial charge in [0.25, 0.3) is 5.69 Å². The van der Waals surface area contributed by atoms with Gasteiger partial charge in [0, 0.05) is 23.4 Å². The van der Waals surface area contributed by atoms with Crippen LogP contribution >= 0.6 is 0 Å². The summed E-state index contributed by atoms with van der Waals surface area (Å²) in [6.45, 7) is 7.51. The van der Waals surface area contributed by atoms with Crippen LogP contribution in [0.15, 0.2) is 18.2 Å². The second kappa shape index (κ2) is 5.90. The first-order valence-corrected chi connectivity index (χ1v) is 6.34. The minimum absolute atomic E-state index is 0.0144. The van der Waals surface area contributed by atoms with Crippen LogP contribution < -0.4 is 5.32 Å². The van der Waals surface area contributed by atoms with Gasteiger partial charge < -0.3 is 10.4 Å². The number of aryl methyl sites for hydroxylation is 1. The minimum atomic E-state index is -0.879. The van der Waals surface area contributed by atoms with Crippen LogP contribution in [0.2, 0.25) is 0 Å². The molecule has 0 aliphatic rings. The Morgan fingerprint density at radius 3 is 2.45 bits per heavy atom. The molecule has 0 fully saturated rings. The lowest BCUT2D eigenvalue weighted by molar-refractivity contribution is -0.385. The van der Waals surface area contributed by atoms with Crippen LogP contribution in [0.25, 0.3) is 0 Å². The standard InChI is InChI=1S/C14H20N2O4/c1-9-7-10(5-6-11(9)16(19)20)15-12(8-13(17)18)14(2,3)4/h5-7,12,15H,8H2,1-4H3,(H,17,18). The molecule has 1 unspecified atom stereocenters. The number of benzene rings is 1. The van der Waals surface area contributed by atoms with E-state index in [-0.39, 0.29) is 23.6 Å². The maximum atomic E-state index is 10.9. The van der Waals surface area contributed by atoms with Gasteiger partial charge in [-0.15, -0.1) is 0 Å². The van der Waals surface area contributed by atoms with Gasteiger partial charge >= 0.3 is 5.97 Å². The molecule has 1 rings (SSSR count). The molecule has 0 aromatic heterocycles. The molecule has 6 heteroatoms. The van der Waals surface area contributed by atoms with Crippen molar-refractivity contribution in [3.63, 3.8) is 0 Å². The van der Waals surface area contributed by atoms with Gasteiger partial charge in [-0.05, 0) is 24.5 Å². The number of carbonyl (C=O) groups is 1. The second-order valence-electron chi connectivity index (χ2n) is 5.92. The maximum absolute atomic E-state index is 10.9. The van der Waals surface area contributed by atoms with Crippen molar-refractivity contribution in [1.82, 2.24) is 0 Å². The van der Waals surface area contributed by atoms with Crippen molar-refractivity contribution in [2.24, 2.45) is 5.41 Å². The van der Waals surface area contributed by atoms with Crippen LogP contribution in [0.5, 0.6) is 0 Å². The summed E-state index contributed by atoms with van der Waals surface area (Å²) < 4.78 is 0. The Morgan fingerprint density at radius 2 is 2.05 bits per heavy atom. The summed E-state index contributed by atoms with van der Waals surface area (Å²) in [5.74, 6) is -0.879. The average Bonchev–Trinajstić information content (AvgIpc) is 2.25. The van der Waals surface area contributed by atoms with Gasteiger partial charge in [0.2, 0.25) is 0 Å². The number of nitro groups is 1. The molecule has 1 atom stereocenters. The molecule has 0 aliphatic carbocycles. The summed E-state index contributed by atoms with van der Waals surface area (Å²) in [5.41, 5.74) is 1.05. The Labute approximate surface area is 118 Å². The van der Waals surface area contributed by atoms with Crippen LogP contribution in [0.1, 0.15) is 32.8 Å². The van der Waals surface area contributed by atoms with Gasteiger partial charge in [-0.1, -0.05) is 20.8 Å². The van der Waals surface area contributed by atoms with Gasteiger partial charge in [0.1, 0.15) is 0 Å². The molecular weight excluding hydrogens is 260 g/mol. The quantitative estimate of drug-likeness (QED) is 0.638. The summed E-state index contributed by atoms with van der Waals surface area (Å²) >= 11 is 0. The van der Waals surface area contributed by atoms with Gasteiger partial charge in [0.15, 0.2) is 0 Å². The molecule has 0 bridgehead atoms. The highest BCUT2D eigenvalue weighted by atomic mass is 16.6. The monoisotopic (exact) mass is 280 g/mol. The topological polar surface area (TPSA) is 92.5 Å². The van der Waals surface area contributed by atoms with E-state index in [1.165, 1.54) is 6.07 Å². The highest BCUT2D eigenvalue weighted by molar-refractivity contribution is 5.68. The molecule has 0 aliphatic heterocycles. The Balaban J connectivity index is 2.97. The number of anilines is 1. The van der Waals surface area contributed by atoms with Gasteiger partial charge in [-0.25, -0.2) is 0 Å². The van der Waals surface area contributed by atoms with Crippen molar-refractivity contribution < 1.29 is 14.8 Å². The Morgan fingerprint density at radius 1 is 1.45 bits per heavy atom. The molecule has 0 saturated carbocycles. The van der Waals surface area contributed by atoms with Crippen LogP contribution in [0, 0.1) is 22.5 Å². The fourth-order valence-corrected chi connectivity index (χ4v) is 1.90. The number of nitrogens with one attached hydrogen (secondary N) is 1. The summed E-state index contributed by atoms with van der Waals surface area (Å²) in [4.78, 5) is 21.3. The van der Waals surface area contributed by atoms with Crippen molar-refractivity contribution in [2.75, 3.05) is 5.32 Å². The molecule has 1 aromatic carbocycles. The smallest absolute Gasteiger partial charge is 0.305 e. The molecule has 1 aromatic rings. The Kier molecular flexibility index (Phi) is 4.70. The first kappa shape index (κ1) is 15.9. The molecular formula is C14H20N2O4. The number of hydrogen-bond donors (Lipinski definition) is 2. The van der Waals surface area contributed by atoms with Crippen molar-refractivity contribution in [3.8, 4) is 0 Å². The highest BCUT2D eigenvalue weighted by Gasteiger charge is 2.27. The lowest BCUT2D eigenvalue weighted by Gasteiger charge is -2.31. The third-order valence-corrected chi connectivity index (χ3v) is 3.16. The fraction of sp³-hybridized carbons (Fsp3) is 0.500. The van der Waals surface area contributed by atoms with Gasteiger partial charge in [0.05, 0.1) is 11.3 Å². The van der Waals surface area contributed by atoms with Gasteiger partial charge in [-0.3, -0.25) is 14.9 Å². The predicted octanol–water partition coefficient (Wildman–Crippen LogP) is 3.20. The van der Waals surface area contributed by atoms with Crippen molar-refractivity contribution in [2.45, 2.75) is 40.2 Å². The summed E-state index contributed by atoms with van der Waals surface area (Å²) in [7, 11) is 0. The van der Waals surface area contributed by atoms with Gasteiger partial charge in [-0.2, -0.15) is 0 Å². The fourth-order valence-electron chi connectivity index (χ4n) is 1.90. The van der Waals surface area contributed by atoms with E-state index in [0.717, 1.165) is 0 Å². The van der Waals surface area contributed by atoms with Crippen LogP contribution in [-0.4, -0.2) is 22.0 Å². The predicted molar refractivity (Wildman–Crippen MR) is 77.0 cm³/mol. The molecule has 6 nitrogen and oxygen atoms in total. The number of aliphatic carboxylic acids is 1. The first-order chi connectivity index (χ1) is 9.11. The van der Waals surface area contributed by atoms with E-state index < -0.39 is 10.9 Å². The molecule has 0 heterocycles. The zero-order valence-electron chi connectivity index (χ0n) is 12.1. The number of hydrogen-bond acceptors (Lipinski definition) is 4. The summed E-state index contributed by atoms with van der Waals surface area (Å²) in [5, 5.41) is 22.9. The van der Waals surface area contributed by atoms with E-state index in [1.54, 1.807) is 19.1 Å². The number of nitro benzene ring substituents is 1. The molecule has 20 heavy (non-hydrogen) atoms. The van der Waals surface area contributed by atoms with Crippen LogP contribution in [-0.2, 0) is 4.79 Å². The number of rotatable bonds is 5. The largest absolute Gasteiger partial charge is 0.481 e.